The van der Waals surface area contributed by atoms with E-state index >= 15 is 0 Å². The predicted octanol–water partition coefficient (Wildman–Crippen LogP) is 4.10. The molecular weight excluding hydrogens is 373 g/mol. The Hall–Kier alpha value is -2.97. The Balaban J connectivity index is 1.83. The molecule has 2 aromatic rings. The van der Waals surface area contributed by atoms with E-state index in [9.17, 15) is 31.5 Å². The molecule has 0 atom stereocenters. The Morgan fingerprint density at radius 3 is 2.41 bits per heavy atom. The molecule has 0 aliphatic carbocycles. The summed E-state index contributed by atoms with van der Waals surface area (Å²) in [5.74, 6) is -4.17. The number of amides is 1. The second-order valence-corrected chi connectivity index (χ2v) is 5.45. The second-order valence-electron chi connectivity index (χ2n) is 5.45. The number of rotatable bonds is 6. The maximum absolute atomic E-state index is 13.4. The number of ether oxygens (including phenoxy) is 1. The minimum atomic E-state index is -4.66. The van der Waals surface area contributed by atoms with E-state index in [1.807, 2.05) is 0 Å². The van der Waals surface area contributed by atoms with E-state index in [-0.39, 0.29) is 24.9 Å². The summed E-state index contributed by atoms with van der Waals surface area (Å²) in [5.41, 5.74) is -1.43. The van der Waals surface area contributed by atoms with Gasteiger partial charge in [-0.1, -0.05) is 12.1 Å². The first-order valence-corrected chi connectivity index (χ1v) is 7.78. The van der Waals surface area contributed by atoms with Crippen LogP contribution in [0.3, 0.4) is 0 Å². The molecule has 0 heterocycles. The van der Waals surface area contributed by atoms with Crippen LogP contribution in [0.25, 0.3) is 0 Å². The Labute approximate surface area is 150 Å². The molecule has 0 aliphatic heterocycles. The summed E-state index contributed by atoms with van der Waals surface area (Å²) in [6, 6.07) is 6.75. The number of halogens is 5. The largest absolute Gasteiger partial charge is 0.426 e. The van der Waals surface area contributed by atoms with Gasteiger partial charge >= 0.3 is 12.1 Å². The van der Waals surface area contributed by atoms with Gasteiger partial charge in [-0.25, -0.2) is 8.78 Å². The molecule has 0 aliphatic rings. The van der Waals surface area contributed by atoms with E-state index in [4.69, 9.17) is 4.74 Å². The van der Waals surface area contributed by atoms with Crippen LogP contribution in [0.15, 0.2) is 42.5 Å². The van der Waals surface area contributed by atoms with Crippen LogP contribution in [0.4, 0.5) is 22.0 Å². The molecular formula is C18H14F5NO3. The highest BCUT2D eigenvalue weighted by Crippen LogP contribution is 2.36. The molecule has 1 N–H and O–H groups in total. The number of alkyl halides is 3. The third-order valence-corrected chi connectivity index (χ3v) is 3.44. The first kappa shape index (κ1) is 20.3. The van der Waals surface area contributed by atoms with Crippen molar-refractivity contribution in [2.45, 2.75) is 19.0 Å². The number of nitrogens with one attached hydrogen (secondary N) is 1. The van der Waals surface area contributed by atoms with Crippen LogP contribution < -0.4 is 10.1 Å². The molecule has 0 unspecified atom stereocenters. The van der Waals surface area contributed by atoms with Crippen molar-refractivity contribution in [2.75, 3.05) is 6.54 Å². The number of esters is 1. The van der Waals surface area contributed by atoms with E-state index in [0.717, 1.165) is 24.3 Å². The van der Waals surface area contributed by atoms with Crippen molar-refractivity contribution in [1.82, 2.24) is 5.32 Å². The van der Waals surface area contributed by atoms with Crippen LogP contribution in [-0.4, -0.2) is 18.4 Å². The first-order chi connectivity index (χ1) is 12.7. The normalized spacial score (nSPS) is 11.1. The smallest absolute Gasteiger partial charge is 0.419 e. The predicted molar refractivity (Wildman–Crippen MR) is 85.0 cm³/mol. The van der Waals surface area contributed by atoms with Gasteiger partial charge in [0, 0.05) is 19.0 Å². The van der Waals surface area contributed by atoms with Crippen LogP contribution in [0, 0.1) is 11.6 Å². The van der Waals surface area contributed by atoms with Crippen molar-refractivity contribution >= 4 is 11.9 Å². The zero-order valence-corrected chi connectivity index (χ0v) is 13.8. The van der Waals surface area contributed by atoms with Crippen LogP contribution >= 0.6 is 0 Å². The van der Waals surface area contributed by atoms with Gasteiger partial charge in [0.1, 0.15) is 17.4 Å². The number of hydrogen-bond donors (Lipinski definition) is 1. The number of benzene rings is 2. The average molecular weight is 387 g/mol. The monoisotopic (exact) mass is 387 g/mol. The highest BCUT2D eigenvalue weighted by molar-refractivity contribution is 5.94. The molecule has 0 fully saturated rings. The molecule has 0 aromatic heterocycles. The number of para-hydroxylation sites is 1. The summed E-state index contributed by atoms with van der Waals surface area (Å²) in [5, 5.41) is 2.32. The number of carbonyl (C=O) groups excluding carboxylic acids is 2. The van der Waals surface area contributed by atoms with Crippen molar-refractivity contribution in [3.63, 3.8) is 0 Å². The molecule has 0 bridgehead atoms. The second kappa shape index (κ2) is 8.61. The molecule has 0 spiro atoms. The topological polar surface area (TPSA) is 55.4 Å². The van der Waals surface area contributed by atoms with E-state index < -0.39 is 41.0 Å². The summed E-state index contributed by atoms with van der Waals surface area (Å²) in [6.07, 6.45) is -4.87. The summed E-state index contributed by atoms with van der Waals surface area (Å²) in [6.45, 7) is -0.0499. The molecule has 9 heteroatoms. The van der Waals surface area contributed by atoms with Crippen molar-refractivity contribution < 1.29 is 36.3 Å². The Morgan fingerprint density at radius 2 is 1.74 bits per heavy atom. The zero-order chi connectivity index (χ0) is 20.0. The zero-order valence-electron chi connectivity index (χ0n) is 13.8. The molecule has 0 saturated carbocycles. The fraction of sp³-hybridized carbons (Fsp3) is 0.222. The van der Waals surface area contributed by atoms with E-state index in [2.05, 4.69) is 5.32 Å². The first-order valence-electron chi connectivity index (χ1n) is 7.78. The SMILES string of the molecule is O=C(CCCNC(=O)c1ccc(F)cc1F)Oc1ccccc1C(F)(F)F. The van der Waals surface area contributed by atoms with Crippen molar-refractivity contribution in [3.8, 4) is 5.75 Å². The lowest BCUT2D eigenvalue weighted by atomic mass is 10.2. The molecule has 2 rings (SSSR count). The lowest BCUT2D eigenvalue weighted by molar-refractivity contribution is -0.142. The lowest BCUT2D eigenvalue weighted by Gasteiger charge is -2.12. The van der Waals surface area contributed by atoms with Crippen molar-refractivity contribution in [3.05, 3.63) is 65.2 Å². The maximum atomic E-state index is 13.4. The maximum Gasteiger partial charge on any atom is 0.419 e. The van der Waals surface area contributed by atoms with Crippen molar-refractivity contribution in [2.24, 2.45) is 0 Å². The van der Waals surface area contributed by atoms with Gasteiger partial charge in [0.05, 0.1) is 11.1 Å². The van der Waals surface area contributed by atoms with Gasteiger partial charge in [-0.15, -0.1) is 0 Å². The van der Waals surface area contributed by atoms with Crippen LogP contribution in [0.5, 0.6) is 5.75 Å². The van der Waals surface area contributed by atoms with Crippen molar-refractivity contribution in [1.29, 1.82) is 0 Å². The fourth-order valence-electron chi connectivity index (χ4n) is 2.17. The fourth-order valence-corrected chi connectivity index (χ4v) is 2.17. The van der Waals surface area contributed by atoms with Crippen LogP contribution in [0.1, 0.15) is 28.8 Å². The Kier molecular flexibility index (Phi) is 6.49. The highest BCUT2D eigenvalue weighted by atomic mass is 19.4. The van der Waals surface area contributed by atoms with Gasteiger partial charge in [0.25, 0.3) is 5.91 Å². The van der Waals surface area contributed by atoms with Gasteiger partial charge in [-0.2, -0.15) is 13.2 Å². The van der Waals surface area contributed by atoms with Gasteiger partial charge in [0.15, 0.2) is 0 Å². The van der Waals surface area contributed by atoms with Gasteiger partial charge < -0.3 is 10.1 Å². The summed E-state index contributed by atoms with van der Waals surface area (Å²) in [4.78, 5) is 23.4. The van der Waals surface area contributed by atoms with E-state index in [0.29, 0.717) is 6.07 Å². The third-order valence-electron chi connectivity index (χ3n) is 3.44. The van der Waals surface area contributed by atoms with Gasteiger partial charge in [-0.05, 0) is 30.7 Å². The Morgan fingerprint density at radius 1 is 1.04 bits per heavy atom. The summed E-state index contributed by atoms with van der Waals surface area (Å²) < 4.78 is 69.4. The summed E-state index contributed by atoms with van der Waals surface area (Å²) >= 11 is 0. The standard InChI is InChI=1S/C18H14F5NO3/c19-11-7-8-12(14(20)10-11)17(26)24-9-3-6-16(25)27-15-5-2-1-4-13(15)18(21,22)23/h1-2,4-5,7-8,10H,3,6,9H2,(H,24,26). The quantitative estimate of drug-likeness (QED) is 0.351. The minimum Gasteiger partial charge on any atom is -0.426 e. The van der Waals surface area contributed by atoms with E-state index in [1.54, 1.807) is 0 Å². The molecule has 0 saturated heterocycles. The molecule has 1 amide bonds. The number of carbonyl (C=O) groups is 2. The molecule has 27 heavy (non-hydrogen) atoms. The highest BCUT2D eigenvalue weighted by Gasteiger charge is 2.34. The third kappa shape index (κ3) is 5.77. The van der Waals surface area contributed by atoms with Crippen LogP contribution in [-0.2, 0) is 11.0 Å². The lowest BCUT2D eigenvalue weighted by Crippen LogP contribution is -2.26. The Bertz CT molecular complexity index is 836. The molecule has 2 aromatic carbocycles. The van der Waals surface area contributed by atoms with Gasteiger partial charge in [-0.3, -0.25) is 9.59 Å². The summed E-state index contributed by atoms with van der Waals surface area (Å²) in [7, 11) is 0. The minimum absolute atomic E-state index is 0.0499. The van der Waals surface area contributed by atoms with Crippen LogP contribution in [0.2, 0.25) is 0 Å². The van der Waals surface area contributed by atoms with E-state index in [1.165, 1.54) is 12.1 Å². The number of hydrogen-bond acceptors (Lipinski definition) is 3. The molecule has 144 valence electrons. The molecule has 0 radical (unpaired) electrons. The average Bonchev–Trinajstić information content (AvgIpc) is 2.58. The van der Waals surface area contributed by atoms with Gasteiger partial charge in [0.2, 0.25) is 0 Å². The molecule has 4 nitrogen and oxygen atoms in total.